The first-order valence-electron chi connectivity index (χ1n) is 8.58. The van der Waals surface area contributed by atoms with Crippen LogP contribution in [-0.4, -0.2) is 42.0 Å². The molecule has 1 aromatic rings. The number of carboxylic acid groups (broad SMARTS) is 1. The summed E-state index contributed by atoms with van der Waals surface area (Å²) in [6.07, 6.45) is 1.12. The molecule has 0 spiro atoms. The van der Waals surface area contributed by atoms with Gasteiger partial charge in [-0.1, -0.05) is 11.6 Å². The zero-order valence-electron chi connectivity index (χ0n) is 14.7. The molecule has 0 aromatic heterocycles. The van der Waals surface area contributed by atoms with Gasteiger partial charge in [0.25, 0.3) is 0 Å². The standard InChI is InChI=1S/C17H21ClN2O5S/c1-10-8-14(19-16(21)12-5-6-12)15(9-13(10)18)26(24,25)20(17(22)23)7-3-4-11(20)2/h8-9,11-12H,3-7H2,1-2H3,(H-,19,21,22,23)/p+1/t11-,20?/m1/s1. The number of benzene rings is 1. The molecule has 3 rings (SSSR count). The van der Waals surface area contributed by atoms with E-state index in [1.165, 1.54) is 12.1 Å². The molecule has 0 bridgehead atoms. The number of rotatable bonds is 4. The first-order chi connectivity index (χ1) is 12.1. The van der Waals surface area contributed by atoms with Gasteiger partial charge in [-0.3, -0.25) is 4.79 Å². The molecule has 1 heterocycles. The lowest BCUT2D eigenvalue weighted by molar-refractivity contribution is -0.741. The van der Waals surface area contributed by atoms with E-state index in [4.69, 9.17) is 11.6 Å². The second-order valence-corrected chi connectivity index (χ2v) is 9.58. The van der Waals surface area contributed by atoms with Gasteiger partial charge in [-0.15, -0.1) is 3.89 Å². The second kappa shape index (κ2) is 6.51. The predicted molar refractivity (Wildman–Crippen MR) is 96.6 cm³/mol. The summed E-state index contributed by atoms with van der Waals surface area (Å²) >= 11 is 6.14. The Morgan fingerprint density at radius 2 is 1.92 bits per heavy atom. The van der Waals surface area contributed by atoms with Crippen molar-refractivity contribution in [1.82, 2.24) is 0 Å². The molecule has 1 aliphatic heterocycles. The number of quaternary nitrogens is 1. The van der Waals surface area contributed by atoms with Gasteiger partial charge < -0.3 is 10.4 Å². The lowest BCUT2D eigenvalue weighted by atomic mass is 10.2. The van der Waals surface area contributed by atoms with Crippen molar-refractivity contribution < 1.29 is 27.0 Å². The third-order valence-electron chi connectivity index (χ3n) is 5.32. The molecule has 2 aliphatic rings. The Bertz CT molecular complexity index is 881. The topological polar surface area (TPSA) is 101 Å². The van der Waals surface area contributed by atoms with E-state index in [0.717, 1.165) is 12.8 Å². The molecule has 2 fully saturated rings. The van der Waals surface area contributed by atoms with E-state index in [1.54, 1.807) is 13.8 Å². The quantitative estimate of drug-likeness (QED) is 0.753. The average molecular weight is 402 g/mol. The van der Waals surface area contributed by atoms with Crippen LogP contribution in [0.5, 0.6) is 0 Å². The molecular weight excluding hydrogens is 380 g/mol. The minimum absolute atomic E-state index is 0.0136. The predicted octanol–water partition coefficient (Wildman–Crippen LogP) is 3.36. The number of hydrogen-bond acceptors (Lipinski definition) is 4. The maximum absolute atomic E-state index is 13.4. The minimum atomic E-state index is -4.33. The monoisotopic (exact) mass is 401 g/mol. The highest BCUT2D eigenvalue weighted by Gasteiger charge is 2.58. The van der Waals surface area contributed by atoms with Crippen LogP contribution >= 0.6 is 11.6 Å². The number of halogens is 1. The number of carbonyl (C=O) groups excluding carboxylic acids is 1. The molecule has 142 valence electrons. The number of aryl methyl sites for hydroxylation is 1. The van der Waals surface area contributed by atoms with Crippen molar-refractivity contribution in [3.63, 3.8) is 0 Å². The minimum Gasteiger partial charge on any atom is -0.435 e. The van der Waals surface area contributed by atoms with E-state index < -0.39 is 26.0 Å². The highest BCUT2D eigenvalue weighted by Crippen LogP contribution is 2.40. The number of likely N-dealkylation sites (tertiary alicyclic amines) is 1. The summed E-state index contributed by atoms with van der Waals surface area (Å²) < 4.78 is 25.8. The Morgan fingerprint density at radius 3 is 2.42 bits per heavy atom. The van der Waals surface area contributed by atoms with Gasteiger partial charge in [0.05, 0.1) is 5.69 Å². The van der Waals surface area contributed by atoms with E-state index >= 15 is 0 Å². The molecule has 1 aliphatic carbocycles. The first-order valence-corrected chi connectivity index (χ1v) is 10.4. The summed E-state index contributed by atoms with van der Waals surface area (Å²) in [6, 6.07) is 2.15. The van der Waals surface area contributed by atoms with Gasteiger partial charge in [0.15, 0.2) is 0 Å². The smallest absolute Gasteiger partial charge is 0.435 e. The summed E-state index contributed by atoms with van der Waals surface area (Å²) in [6.45, 7) is 3.31. The van der Waals surface area contributed by atoms with Crippen LogP contribution in [0.15, 0.2) is 17.0 Å². The molecule has 2 amide bonds. The number of nitrogens with zero attached hydrogens (tertiary/aromatic N) is 1. The lowest BCUT2D eigenvalue weighted by Crippen LogP contribution is -2.58. The van der Waals surface area contributed by atoms with Crippen LogP contribution < -0.4 is 5.32 Å². The molecule has 26 heavy (non-hydrogen) atoms. The third kappa shape index (κ3) is 2.90. The molecule has 9 heteroatoms. The van der Waals surface area contributed by atoms with Crippen molar-refractivity contribution in [2.45, 2.75) is 50.5 Å². The van der Waals surface area contributed by atoms with Crippen LogP contribution in [0, 0.1) is 12.8 Å². The van der Waals surface area contributed by atoms with Crippen molar-refractivity contribution in [2.75, 3.05) is 11.9 Å². The van der Waals surface area contributed by atoms with Crippen molar-refractivity contribution in [1.29, 1.82) is 0 Å². The zero-order valence-corrected chi connectivity index (χ0v) is 16.2. The molecule has 1 saturated carbocycles. The fourth-order valence-electron chi connectivity index (χ4n) is 3.52. The van der Waals surface area contributed by atoms with Gasteiger partial charge in [-0.05, 0) is 44.4 Å². The summed E-state index contributed by atoms with van der Waals surface area (Å²) in [5, 5.41) is 12.7. The normalized spacial score (nSPS) is 25.9. The average Bonchev–Trinajstić information content (AvgIpc) is 3.32. The third-order valence-corrected chi connectivity index (χ3v) is 8.18. The van der Waals surface area contributed by atoms with E-state index in [0.29, 0.717) is 18.4 Å². The highest BCUT2D eigenvalue weighted by molar-refractivity contribution is 7.86. The molecule has 1 saturated heterocycles. The van der Waals surface area contributed by atoms with E-state index in [-0.39, 0.29) is 34.0 Å². The zero-order chi connectivity index (χ0) is 19.3. The van der Waals surface area contributed by atoms with Gasteiger partial charge in [0.2, 0.25) is 5.91 Å². The van der Waals surface area contributed by atoms with Gasteiger partial charge in [0, 0.05) is 23.8 Å². The number of carbonyl (C=O) groups is 2. The van der Waals surface area contributed by atoms with Crippen molar-refractivity contribution in [2.24, 2.45) is 5.92 Å². The fourth-order valence-corrected chi connectivity index (χ4v) is 5.91. The van der Waals surface area contributed by atoms with Crippen LogP contribution in [-0.2, 0) is 14.8 Å². The van der Waals surface area contributed by atoms with Crippen LogP contribution in [0.1, 0.15) is 38.2 Å². The van der Waals surface area contributed by atoms with Crippen molar-refractivity contribution in [3.8, 4) is 0 Å². The Balaban J connectivity index is 2.15. The molecule has 0 radical (unpaired) electrons. The van der Waals surface area contributed by atoms with Crippen LogP contribution in [0.4, 0.5) is 10.5 Å². The fraction of sp³-hybridized carbons (Fsp3) is 0.529. The first kappa shape index (κ1) is 19.1. The van der Waals surface area contributed by atoms with Gasteiger partial charge in [-0.25, -0.2) is 0 Å². The Kier molecular flexibility index (Phi) is 4.79. The van der Waals surface area contributed by atoms with Crippen LogP contribution in [0.3, 0.4) is 0 Å². The van der Waals surface area contributed by atoms with Crippen LogP contribution in [0.25, 0.3) is 0 Å². The van der Waals surface area contributed by atoms with Crippen LogP contribution in [0.2, 0.25) is 5.02 Å². The number of nitrogens with one attached hydrogen (secondary N) is 1. The molecule has 2 atom stereocenters. The molecule has 7 nitrogen and oxygen atoms in total. The lowest BCUT2D eigenvalue weighted by Gasteiger charge is -2.31. The molecular formula is C17H22ClN2O5S+. The number of amides is 2. The van der Waals surface area contributed by atoms with E-state index in [9.17, 15) is 23.1 Å². The maximum Gasteiger partial charge on any atom is 0.529 e. The molecule has 1 unspecified atom stereocenters. The largest absolute Gasteiger partial charge is 0.529 e. The Morgan fingerprint density at radius 1 is 1.27 bits per heavy atom. The van der Waals surface area contributed by atoms with Gasteiger partial charge in [-0.2, -0.15) is 13.2 Å². The summed E-state index contributed by atoms with van der Waals surface area (Å²) in [5.41, 5.74) is 0.703. The SMILES string of the molecule is Cc1cc(NC(=O)C2CC2)c(S(=O)(=O)[N+]2(C(=O)O)CCC[C@H]2C)cc1Cl. The number of sulfonamides is 1. The van der Waals surface area contributed by atoms with Gasteiger partial charge >= 0.3 is 16.1 Å². The van der Waals surface area contributed by atoms with Crippen molar-refractivity contribution in [3.05, 3.63) is 22.7 Å². The second-order valence-electron chi connectivity index (χ2n) is 7.13. The van der Waals surface area contributed by atoms with E-state index in [1.807, 2.05) is 0 Å². The Hall–Kier alpha value is -1.64. The molecule has 2 N–H and O–H groups in total. The molecule has 1 aromatic carbocycles. The highest BCUT2D eigenvalue weighted by atomic mass is 35.5. The van der Waals surface area contributed by atoms with Gasteiger partial charge in [0.1, 0.15) is 17.5 Å². The maximum atomic E-state index is 13.4. The summed E-state index contributed by atoms with van der Waals surface area (Å²) in [4.78, 5) is 24.0. The number of hydrogen-bond donors (Lipinski definition) is 2. The Labute approximate surface area is 157 Å². The summed E-state index contributed by atoms with van der Waals surface area (Å²) in [5.74, 6) is -0.366. The van der Waals surface area contributed by atoms with E-state index in [2.05, 4.69) is 5.32 Å². The van der Waals surface area contributed by atoms with Crippen molar-refractivity contribution >= 4 is 39.3 Å². The number of anilines is 1. The summed E-state index contributed by atoms with van der Waals surface area (Å²) in [7, 11) is -4.33.